The summed E-state index contributed by atoms with van der Waals surface area (Å²) in [6.07, 6.45) is 0. The Hall–Kier alpha value is -3.76. The van der Waals surface area contributed by atoms with Crippen LogP contribution in [0.3, 0.4) is 0 Å². The third kappa shape index (κ3) is 2.82. The molecular weight excluding hydrogens is 479 g/mol. The highest BCUT2D eigenvalue weighted by Crippen LogP contribution is 2.43. The van der Waals surface area contributed by atoms with Gasteiger partial charge >= 0.3 is 0 Å². The van der Waals surface area contributed by atoms with Crippen LogP contribution in [0.25, 0.3) is 0 Å². The molecule has 0 radical (unpaired) electrons. The van der Waals surface area contributed by atoms with E-state index in [1.807, 2.05) is 0 Å². The van der Waals surface area contributed by atoms with Crippen molar-refractivity contribution in [1.82, 2.24) is 0 Å². The van der Waals surface area contributed by atoms with Gasteiger partial charge in [0.05, 0.1) is 0 Å². The highest BCUT2D eigenvalue weighted by molar-refractivity contribution is 9.10. The number of rotatable bonds is 2. The molecule has 2 aliphatic rings. The number of para-hydroxylation sites is 3. The van der Waals surface area contributed by atoms with Crippen LogP contribution in [0.5, 0.6) is 0 Å². The zero-order chi connectivity index (χ0) is 22.6. The van der Waals surface area contributed by atoms with Crippen molar-refractivity contribution < 1.29 is 0 Å². The standard InChI is InChI=1S/C30H20BBrN2/c32-21-18-19-27-25(20-21)31-24-14-7-8-15-26(24)33(22-10-3-1-4-11-22)28-16-9-17-29(30(28)31)34(27)23-12-5-2-6-13-23/h1-20H. The molecule has 0 fully saturated rings. The summed E-state index contributed by atoms with van der Waals surface area (Å²) in [6, 6.07) is 43.6. The lowest BCUT2D eigenvalue weighted by Gasteiger charge is -2.44. The van der Waals surface area contributed by atoms with Gasteiger partial charge in [0, 0.05) is 38.6 Å². The second-order valence-electron chi connectivity index (χ2n) is 8.75. The molecule has 34 heavy (non-hydrogen) atoms. The highest BCUT2D eigenvalue weighted by Gasteiger charge is 2.42. The molecule has 2 heterocycles. The van der Waals surface area contributed by atoms with E-state index in [-0.39, 0.29) is 6.71 Å². The van der Waals surface area contributed by atoms with Gasteiger partial charge in [-0.3, -0.25) is 0 Å². The van der Waals surface area contributed by atoms with Crippen molar-refractivity contribution in [3.8, 4) is 0 Å². The normalized spacial score (nSPS) is 13.3. The average Bonchev–Trinajstić information content (AvgIpc) is 2.89. The Labute approximate surface area is 208 Å². The lowest BCUT2D eigenvalue weighted by molar-refractivity contribution is 1.25. The first-order chi connectivity index (χ1) is 16.8. The summed E-state index contributed by atoms with van der Waals surface area (Å²) >= 11 is 3.76. The summed E-state index contributed by atoms with van der Waals surface area (Å²) in [5.74, 6) is 0. The summed E-state index contributed by atoms with van der Waals surface area (Å²) in [5.41, 5.74) is 11.3. The Morgan fingerprint density at radius 3 is 1.65 bits per heavy atom. The topological polar surface area (TPSA) is 6.48 Å². The van der Waals surface area contributed by atoms with Gasteiger partial charge in [-0.1, -0.05) is 82.7 Å². The first kappa shape index (κ1) is 19.7. The van der Waals surface area contributed by atoms with Crippen molar-refractivity contribution in [2.45, 2.75) is 0 Å². The van der Waals surface area contributed by atoms with E-state index >= 15 is 0 Å². The predicted octanol–water partition coefficient (Wildman–Crippen LogP) is 6.53. The first-order valence-corrected chi connectivity index (χ1v) is 12.3. The van der Waals surface area contributed by atoms with Gasteiger partial charge in [0.25, 0.3) is 6.71 Å². The second kappa shape index (κ2) is 7.64. The second-order valence-corrected chi connectivity index (χ2v) is 9.66. The molecule has 0 N–H and O–H groups in total. The van der Waals surface area contributed by atoms with Gasteiger partial charge in [-0.25, -0.2) is 0 Å². The van der Waals surface area contributed by atoms with Crippen molar-refractivity contribution in [2.75, 3.05) is 9.80 Å². The Morgan fingerprint density at radius 1 is 0.471 bits per heavy atom. The monoisotopic (exact) mass is 498 g/mol. The van der Waals surface area contributed by atoms with Gasteiger partial charge in [0.2, 0.25) is 0 Å². The molecule has 5 aromatic rings. The highest BCUT2D eigenvalue weighted by atomic mass is 79.9. The van der Waals surface area contributed by atoms with E-state index in [0.29, 0.717) is 0 Å². The Balaban J connectivity index is 1.59. The molecule has 0 aliphatic carbocycles. The molecule has 2 nitrogen and oxygen atoms in total. The van der Waals surface area contributed by atoms with Crippen LogP contribution in [0.2, 0.25) is 0 Å². The molecule has 160 valence electrons. The third-order valence-corrected chi connectivity index (χ3v) is 7.38. The van der Waals surface area contributed by atoms with Crippen LogP contribution in [-0.2, 0) is 0 Å². The molecule has 0 aromatic heterocycles. The molecule has 0 bridgehead atoms. The molecular formula is C30H20BBrN2. The molecule has 0 amide bonds. The van der Waals surface area contributed by atoms with Crippen molar-refractivity contribution in [2.24, 2.45) is 0 Å². The zero-order valence-electron chi connectivity index (χ0n) is 18.4. The largest absolute Gasteiger partial charge is 0.311 e. The Kier molecular flexibility index (Phi) is 4.43. The first-order valence-electron chi connectivity index (χ1n) is 11.5. The fraction of sp³-hybridized carbons (Fsp3) is 0. The summed E-state index contributed by atoms with van der Waals surface area (Å²) in [6.45, 7) is 0.162. The number of halogens is 1. The Bertz CT molecular complexity index is 1520. The summed E-state index contributed by atoms with van der Waals surface area (Å²) in [4.78, 5) is 4.82. The van der Waals surface area contributed by atoms with Gasteiger partial charge < -0.3 is 9.80 Å². The fourth-order valence-corrected chi connectivity index (χ4v) is 5.95. The fourth-order valence-electron chi connectivity index (χ4n) is 5.57. The summed E-state index contributed by atoms with van der Waals surface area (Å²) < 4.78 is 1.10. The summed E-state index contributed by atoms with van der Waals surface area (Å²) in [7, 11) is 0. The van der Waals surface area contributed by atoms with E-state index < -0.39 is 0 Å². The zero-order valence-corrected chi connectivity index (χ0v) is 20.0. The molecule has 0 atom stereocenters. The third-order valence-electron chi connectivity index (χ3n) is 6.89. The molecule has 5 aromatic carbocycles. The summed E-state index contributed by atoms with van der Waals surface area (Å²) in [5, 5.41) is 0. The van der Waals surface area contributed by atoms with Crippen molar-refractivity contribution in [1.29, 1.82) is 0 Å². The molecule has 0 saturated carbocycles. The van der Waals surface area contributed by atoms with Crippen LogP contribution >= 0.6 is 15.9 Å². The molecule has 2 aliphatic heterocycles. The SMILES string of the molecule is Brc1ccc2c(c1)B1c3ccccc3N(c3ccccc3)c3cccc(c31)N2c1ccccc1. The van der Waals surface area contributed by atoms with Crippen LogP contribution in [0, 0.1) is 0 Å². The van der Waals surface area contributed by atoms with E-state index in [9.17, 15) is 0 Å². The van der Waals surface area contributed by atoms with Gasteiger partial charge in [-0.2, -0.15) is 0 Å². The molecule has 7 rings (SSSR count). The minimum absolute atomic E-state index is 0.162. The Morgan fingerprint density at radius 2 is 1.00 bits per heavy atom. The smallest absolute Gasteiger partial charge is 0.252 e. The quantitative estimate of drug-likeness (QED) is 0.250. The van der Waals surface area contributed by atoms with E-state index in [1.165, 1.54) is 50.5 Å². The van der Waals surface area contributed by atoms with Gasteiger partial charge in [0.1, 0.15) is 0 Å². The predicted molar refractivity (Wildman–Crippen MR) is 148 cm³/mol. The molecule has 0 saturated heterocycles. The number of anilines is 6. The minimum atomic E-state index is 0.162. The maximum Gasteiger partial charge on any atom is 0.252 e. The van der Waals surface area contributed by atoms with Crippen LogP contribution in [0.15, 0.2) is 126 Å². The maximum absolute atomic E-state index is 3.76. The van der Waals surface area contributed by atoms with Crippen LogP contribution in [0.4, 0.5) is 34.1 Å². The average molecular weight is 499 g/mol. The number of hydrogen-bond donors (Lipinski definition) is 0. The lowest BCUT2D eigenvalue weighted by atomic mass is 9.33. The van der Waals surface area contributed by atoms with E-state index in [2.05, 4.69) is 147 Å². The maximum atomic E-state index is 3.76. The van der Waals surface area contributed by atoms with E-state index in [0.717, 1.165) is 4.47 Å². The van der Waals surface area contributed by atoms with Gasteiger partial charge in [0.15, 0.2) is 0 Å². The molecule has 0 unspecified atom stereocenters. The van der Waals surface area contributed by atoms with Crippen molar-refractivity contribution in [3.05, 3.63) is 126 Å². The van der Waals surface area contributed by atoms with Crippen molar-refractivity contribution in [3.63, 3.8) is 0 Å². The minimum Gasteiger partial charge on any atom is -0.311 e. The van der Waals surface area contributed by atoms with Crippen LogP contribution in [0.1, 0.15) is 0 Å². The van der Waals surface area contributed by atoms with Crippen LogP contribution in [-0.4, -0.2) is 6.71 Å². The van der Waals surface area contributed by atoms with E-state index in [1.54, 1.807) is 0 Å². The van der Waals surface area contributed by atoms with Gasteiger partial charge in [-0.15, -0.1) is 0 Å². The van der Waals surface area contributed by atoms with Crippen molar-refractivity contribution >= 4 is 73.2 Å². The number of fused-ring (bicyclic) bond motifs is 4. The number of nitrogens with zero attached hydrogens (tertiary/aromatic N) is 2. The molecule has 0 spiro atoms. The number of hydrogen-bond acceptors (Lipinski definition) is 2. The lowest BCUT2D eigenvalue weighted by Crippen LogP contribution is -2.61. The van der Waals surface area contributed by atoms with E-state index in [4.69, 9.17) is 0 Å². The molecule has 4 heteroatoms. The van der Waals surface area contributed by atoms with Crippen LogP contribution < -0.4 is 26.2 Å². The number of benzene rings is 5. The van der Waals surface area contributed by atoms with Gasteiger partial charge in [-0.05, 0) is 71.0 Å².